The Bertz CT molecular complexity index is 391. The van der Waals surface area contributed by atoms with Gasteiger partial charge in [0.15, 0.2) is 0 Å². The summed E-state index contributed by atoms with van der Waals surface area (Å²) in [5.74, 6) is 0.943. The first kappa shape index (κ1) is 21.9. The summed E-state index contributed by atoms with van der Waals surface area (Å²) in [5, 5.41) is 0. The Kier molecular flexibility index (Phi) is 14.4. The number of hydrogen-bond acceptors (Lipinski definition) is 4. The molecule has 0 saturated heterocycles. The average Bonchev–Trinajstić information content (AvgIpc) is 2.64. The summed E-state index contributed by atoms with van der Waals surface area (Å²) in [5.41, 5.74) is 1.20. The van der Waals surface area contributed by atoms with Crippen molar-refractivity contribution in [2.24, 2.45) is 0 Å². The zero-order valence-corrected chi connectivity index (χ0v) is 16.1. The number of ether oxygens (including phenoxy) is 4. The quantitative estimate of drug-likeness (QED) is 0.370. The molecule has 1 aromatic rings. The fourth-order valence-electron chi connectivity index (χ4n) is 2.57. The molecule has 1 aromatic carbocycles. The molecule has 0 spiro atoms. The summed E-state index contributed by atoms with van der Waals surface area (Å²) in [6, 6.07) is 8.25. The van der Waals surface area contributed by atoms with Gasteiger partial charge in [-0.05, 0) is 49.8 Å². The molecule has 0 bridgehead atoms. The largest absolute Gasteiger partial charge is 0.494 e. The van der Waals surface area contributed by atoms with Crippen molar-refractivity contribution < 1.29 is 18.9 Å². The van der Waals surface area contributed by atoms with E-state index in [-0.39, 0.29) is 0 Å². The van der Waals surface area contributed by atoms with Crippen LogP contribution in [0.4, 0.5) is 0 Å². The van der Waals surface area contributed by atoms with Crippen LogP contribution in [0.5, 0.6) is 5.75 Å². The van der Waals surface area contributed by atoms with Crippen molar-refractivity contribution in [3.63, 3.8) is 0 Å². The summed E-state index contributed by atoms with van der Waals surface area (Å²) in [7, 11) is 3.51. The maximum absolute atomic E-state index is 5.78. The third-order valence-electron chi connectivity index (χ3n) is 4.09. The molecule has 1 rings (SSSR count). The van der Waals surface area contributed by atoms with Gasteiger partial charge in [-0.1, -0.05) is 31.4 Å². The second-order valence-electron chi connectivity index (χ2n) is 6.36. The highest BCUT2D eigenvalue weighted by atomic mass is 16.5. The molecular weight excluding hydrogens is 316 g/mol. The molecule has 0 atom stereocenters. The molecule has 0 N–H and O–H groups in total. The van der Waals surface area contributed by atoms with Crippen LogP contribution >= 0.6 is 0 Å². The van der Waals surface area contributed by atoms with Crippen LogP contribution in [0, 0.1) is 0 Å². The molecule has 0 heterocycles. The lowest BCUT2D eigenvalue weighted by Gasteiger charge is -2.08. The number of hydrogen-bond donors (Lipinski definition) is 0. The number of rotatable bonds is 17. The molecule has 25 heavy (non-hydrogen) atoms. The first-order chi connectivity index (χ1) is 12.4. The minimum Gasteiger partial charge on any atom is -0.494 e. The van der Waals surface area contributed by atoms with Crippen LogP contribution in [0.15, 0.2) is 24.3 Å². The predicted octanol–water partition coefficient (Wildman–Crippen LogP) is 5.00. The van der Waals surface area contributed by atoms with Gasteiger partial charge in [0, 0.05) is 34.0 Å². The molecule has 0 aliphatic rings. The van der Waals surface area contributed by atoms with Crippen LogP contribution in [-0.4, -0.2) is 40.6 Å². The molecule has 0 fully saturated rings. The first-order valence-corrected chi connectivity index (χ1v) is 9.64. The van der Waals surface area contributed by atoms with Gasteiger partial charge in [0.05, 0.1) is 13.2 Å². The molecule has 144 valence electrons. The minimum atomic E-state index is 0.678. The monoisotopic (exact) mass is 352 g/mol. The van der Waals surface area contributed by atoms with Gasteiger partial charge in [-0.2, -0.15) is 0 Å². The van der Waals surface area contributed by atoms with E-state index in [2.05, 4.69) is 12.1 Å². The average molecular weight is 353 g/mol. The SMILES string of the molecule is COCCCCCCOCc1ccc(OCCCCCCOC)cc1. The lowest BCUT2D eigenvalue weighted by molar-refractivity contribution is 0.115. The highest BCUT2D eigenvalue weighted by molar-refractivity contribution is 5.26. The van der Waals surface area contributed by atoms with Crippen molar-refractivity contribution >= 4 is 0 Å². The van der Waals surface area contributed by atoms with Crippen LogP contribution in [-0.2, 0) is 20.8 Å². The summed E-state index contributed by atoms with van der Waals surface area (Å²) in [4.78, 5) is 0. The second kappa shape index (κ2) is 16.4. The Morgan fingerprint density at radius 3 is 1.68 bits per heavy atom. The van der Waals surface area contributed by atoms with E-state index in [0.717, 1.165) is 57.9 Å². The van der Waals surface area contributed by atoms with Crippen LogP contribution in [0.3, 0.4) is 0 Å². The molecule has 0 aliphatic heterocycles. The zero-order chi connectivity index (χ0) is 18.0. The zero-order valence-electron chi connectivity index (χ0n) is 16.1. The van der Waals surface area contributed by atoms with E-state index in [9.17, 15) is 0 Å². The fourth-order valence-corrected chi connectivity index (χ4v) is 2.57. The van der Waals surface area contributed by atoms with Gasteiger partial charge in [-0.3, -0.25) is 0 Å². The number of methoxy groups -OCH3 is 2. The molecule has 4 nitrogen and oxygen atoms in total. The summed E-state index contributed by atoms with van der Waals surface area (Å²) < 4.78 is 21.6. The molecule has 4 heteroatoms. The molecule has 0 amide bonds. The van der Waals surface area contributed by atoms with Gasteiger partial charge in [0.25, 0.3) is 0 Å². The smallest absolute Gasteiger partial charge is 0.119 e. The minimum absolute atomic E-state index is 0.678. The van der Waals surface area contributed by atoms with E-state index in [4.69, 9.17) is 18.9 Å². The molecule has 0 unspecified atom stereocenters. The lowest BCUT2D eigenvalue weighted by atomic mass is 10.2. The van der Waals surface area contributed by atoms with E-state index >= 15 is 0 Å². The highest BCUT2D eigenvalue weighted by Crippen LogP contribution is 2.14. The fraction of sp³-hybridized carbons (Fsp3) is 0.714. The van der Waals surface area contributed by atoms with Gasteiger partial charge in [-0.15, -0.1) is 0 Å². The highest BCUT2D eigenvalue weighted by Gasteiger charge is 1.98. The Balaban J connectivity index is 2.00. The van der Waals surface area contributed by atoms with Crippen LogP contribution in [0.2, 0.25) is 0 Å². The summed E-state index contributed by atoms with van der Waals surface area (Å²) >= 11 is 0. The Hall–Kier alpha value is -1.10. The summed E-state index contributed by atoms with van der Waals surface area (Å²) in [6.45, 7) is 4.01. The van der Waals surface area contributed by atoms with Crippen molar-refractivity contribution in [2.75, 3.05) is 40.6 Å². The van der Waals surface area contributed by atoms with E-state index in [0.29, 0.717) is 6.61 Å². The Morgan fingerprint density at radius 1 is 0.600 bits per heavy atom. The molecule has 0 aliphatic carbocycles. The van der Waals surface area contributed by atoms with Crippen LogP contribution < -0.4 is 4.74 Å². The third-order valence-corrected chi connectivity index (χ3v) is 4.09. The first-order valence-electron chi connectivity index (χ1n) is 9.64. The lowest BCUT2D eigenvalue weighted by Crippen LogP contribution is -1.99. The second-order valence-corrected chi connectivity index (χ2v) is 6.36. The number of benzene rings is 1. The molecule has 0 radical (unpaired) electrons. The Morgan fingerprint density at radius 2 is 1.12 bits per heavy atom. The molecule has 0 aromatic heterocycles. The van der Waals surface area contributed by atoms with E-state index < -0.39 is 0 Å². The van der Waals surface area contributed by atoms with Gasteiger partial charge < -0.3 is 18.9 Å². The van der Waals surface area contributed by atoms with Gasteiger partial charge in [0.1, 0.15) is 5.75 Å². The van der Waals surface area contributed by atoms with Crippen LogP contribution in [0.25, 0.3) is 0 Å². The van der Waals surface area contributed by atoms with E-state index in [1.54, 1.807) is 14.2 Å². The van der Waals surface area contributed by atoms with Gasteiger partial charge in [0.2, 0.25) is 0 Å². The maximum atomic E-state index is 5.78. The van der Waals surface area contributed by atoms with Crippen molar-refractivity contribution in [1.82, 2.24) is 0 Å². The van der Waals surface area contributed by atoms with Gasteiger partial charge >= 0.3 is 0 Å². The van der Waals surface area contributed by atoms with E-state index in [1.807, 2.05) is 12.1 Å². The van der Waals surface area contributed by atoms with E-state index in [1.165, 1.54) is 31.2 Å². The van der Waals surface area contributed by atoms with Gasteiger partial charge in [-0.25, -0.2) is 0 Å². The van der Waals surface area contributed by atoms with Crippen molar-refractivity contribution in [3.8, 4) is 5.75 Å². The summed E-state index contributed by atoms with van der Waals surface area (Å²) in [6.07, 6.45) is 9.33. The normalized spacial score (nSPS) is 11.0. The standard InChI is InChI=1S/C21H36O4/c1-22-15-7-3-5-9-17-24-19-20-11-13-21(14-12-20)25-18-10-6-4-8-16-23-2/h11-14H,3-10,15-19H2,1-2H3. The maximum Gasteiger partial charge on any atom is 0.119 e. The molecular formula is C21H36O4. The van der Waals surface area contributed by atoms with Crippen molar-refractivity contribution in [2.45, 2.75) is 58.0 Å². The third kappa shape index (κ3) is 12.9. The van der Waals surface area contributed by atoms with Crippen molar-refractivity contribution in [1.29, 1.82) is 0 Å². The predicted molar refractivity (Wildman–Crippen MR) is 102 cm³/mol. The topological polar surface area (TPSA) is 36.9 Å². The van der Waals surface area contributed by atoms with Crippen molar-refractivity contribution in [3.05, 3.63) is 29.8 Å². The van der Waals surface area contributed by atoms with Crippen LogP contribution in [0.1, 0.15) is 56.9 Å². The molecule has 0 saturated carbocycles. The number of unbranched alkanes of at least 4 members (excludes halogenated alkanes) is 6. The Labute approximate surface area is 153 Å².